The molecule has 1 saturated heterocycles. The molecule has 1 rings (SSSR count). The number of nitrogens with zero attached hydrogens (tertiary/aromatic N) is 2. The van der Waals surface area contributed by atoms with Gasteiger partial charge in [0.05, 0.1) is 0 Å². The first-order valence-corrected chi connectivity index (χ1v) is 5.29. The molecule has 0 aromatic heterocycles. The minimum absolute atomic E-state index is 0.777. The Morgan fingerprint density at radius 1 is 1.54 bits per heavy atom. The van der Waals surface area contributed by atoms with Gasteiger partial charge in [-0.3, -0.25) is 0 Å². The molecular weight excluding hydrogens is 162 g/mol. The zero-order valence-corrected chi connectivity index (χ0v) is 9.00. The molecule has 1 atom stereocenters. The fourth-order valence-electron chi connectivity index (χ4n) is 2.17. The summed E-state index contributed by atoms with van der Waals surface area (Å²) >= 11 is 0. The summed E-state index contributed by atoms with van der Waals surface area (Å²) in [6, 6.07) is 0. The number of likely N-dealkylation sites (tertiary alicyclic amines) is 1. The smallest absolute Gasteiger partial charge is 0.0102 e. The van der Waals surface area contributed by atoms with Gasteiger partial charge in [0, 0.05) is 26.2 Å². The Morgan fingerprint density at radius 2 is 2.31 bits per heavy atom. The summed E-state index contributed by atoms with van der Waals surface area (Å²) in [7, 11) is 4.39. The number of likely N-dealkylation sites (N-methyl/N-ethyl adjacent to an activating group) is 1. The average Bonchev–Trinajstić information content (AvgIpc) is 2.04. The van der Waals surface area contributed by atoms with Crippen LogP contribution in [0.5, 0.6) is 0 Å². The van der Waals surface area contributed by atoms with Crippen molar-refractivity contribution < 1.29 is 0 Å². The van der Waals surface area contributed by atoms with Gasteiger partial charge >= 0.3 is 0 Å². The number of rotatable bonds is 4. The lowest BCUT2D eigenvalue weighted by molar-refractivity contribution is 0.168. The molecule has 13 heavy (non-hydrogen) atoms. The maximum absolute atomic E-state index is 5.51. The highest BCUT2D eigenvalue weighted by atomic mass is 15.1. The molecular formula is C10H23N3. The quantitative estimate of drug-likeness (QED) is 0.680. The number of piperidine rings is 1. The van der Waals surface area contributed by atoms with E-state index in [0.717, 1.165) is 19.0 Å². The molecule has 1 heterocycles. The third kappa shape index (κ3) is 4.07. The maximum Gasteiger partial charge on any atom is 0.0102 e. The highest BCUT2D eigenvalue weighted by Crippen LogP contribution is 2.15. The van der Waals surface area contributed by atoms with E-state index in [1.807, 2.05) is 0 Å². The van der Waals surface area contributed by atoms with Crippen LogP contribution < -0.4 is 5.73 Å². The van der Waals surface area contributed by atoms with Crippen LogP contribution in [-0.4, -0.2) is 56.6 Å². The van der Waals surface area contributed by atoms with E-state index in [9.17, 15) is 0 Å². The van der Waals surface area contributed by atoms with E-state index in [4.69, 9.17) is 5.73 Å². The van der Waals surface area contributed by atoms with Gasteiger partial charge in [0.25, 0.3) is 0 Å². The highest BCUT2D eigenvalue weighted by molar-refractivity contribution is 4.73. The van der Waals surface area contributed by atoms with Gasteiger partial charge in [-0.05, 0) is 39.4 Å². The summed E-state index contributed by atoms with van der Waals surface area (Å²) in [5.41, 5.74) is 5.51. The van der Waals surface area contributed by atoms with Crippen LogP contribution in [0, 0.1) is 5.92 Å². The molecule has 1 unspecified atom stereocenters. The zero-order chi connectivity index (χ0) is 9.68. The Morgan fingerprint density at radius 3 is 2.92 bits per heavy atom. The van der Waals surface area contributed by atoms with E-state index in [1.165, 1.54) is 32.5 Å². The van der Waals surface area contributed by atoms with E-state index < -0.39 is 0 Å². The van der Waals surface area contributed by atoms with Crippen LogP contribution in [-0.2, 0) is 0 Å². The molecule has 1 aliphatic heterocycles. The van der Waals surface area contributed by atoms with E-state index in [1.54, 1.807) is 0 Å². The van der Waals surface area contributed by atoms with Crippen molar-refractivity contribution in [3.8, 4) is 0 Å². The van der Waals surface area contributed by atoms with Gasteiger partial charge in [0.2, 0.25) is 0 Å². The van der Waals surface area contributed by atoms with Gasteiger partial charge in [-0.1, -0.05) is 0 Å². The third-order valence-corrected chi connectivity index (χ3v) is 2.80. The van der Waals surface area contributed by atoms with Crippen molar-refractivity contribution in [3.63, 3.8) is 0 Å². The largest absolute Gasteiger partial charge is 0.329 e. The maximum atomic E-state index is 5.51. The van der Waals surface area contributed by atoms with Gasteiger partial charge in [0.15, 0.2) is 0 Å². The summed E-state index contributed by atoms with van der Waals surface area (Å²) in [5, 5.41) is 0. The average molecular weight is 185 g/mol. The first-order valence-electron chi connectivity index (χ1n) is 5.29. The Balaban J connectivity index is 2.19. The predicted octanol–water partition coefficient (Wildman–Crippen LogP) is 0.219. The third-order valence-electron chi connectivity index (χ3n) is 2.80. The van der Waals surface area contributed by atoms with Gasteiger partial charge in [-0.2, -0.15) is 0 Å². The monoisotopic (exact) mass is 185 g/mol. The van der Waals surface area contributed by atoms with Gasteiger partial charge in [-0.15, -0.1) is 0 Å². The lowest BCUT2D eigenvalue weighted by Gasteiger charge is -2.32. The minimum Gasteiger partial charge on any atom is -0.329 e. The van der Waals surface area contributed by atoms with Crippen LogP contribution in [0.1, 0.15) is 12.8 Å². The summed E-state index contributed by atoms with van der Waals surface area (Å²) in [6.45, 7) is 5.55. The van der Waals surface area contributed by atoms with E-state index >= 15 is 0 Å². The fourth-order valence-corrected chi connectivity index (χ4v) is 2.17. The summed E-state index contributed by atoms with van der Waals surface area (Å²) < 4.78 is 0. The Labute approximate surface area is 81.9 Å². The predicted molar refractivity (Wildman–Crippen MR) is 56.8 cm³/mol. The molecule has 2 N–H and O–H groups in total. The number of nitrogens with two attached hydrogens (primary N) is 1. The van der Waals surface area contributed by atoms with Crippen LogP contribution in [0.2, 0.25) is 0 Å². The summed E-state index contributed by atoms with van der Waals surface area (Å²) in [5.74, 6) is 0.857. The number of hydrogen-bond acceptors (Lipinski definition) is 3. The minimum atomic E-state index is 0.777. The first kappa shape index (κ1) is 11.0. The van der Waals surface area contributed by atoms with E-state index in [-0.39, 0.29) is 0 Å². The SMILES string of the molecule is CN(CCN)CC1CCCN(C)C1. The van der Waals surface area contributed by atoms with Crippen LogP contribution in [0.4, 0.5) is 0 Å². The molecule has 0 amide bonds. The first-order chi connectivity index (χ1) is 6.22. The van der Waals surface area contributed by atoms with E-state index in [2.05, 4.69) is 23.9 Å². The lowest BCUT2D eigenvalue weighted by Crippen LogP contribution is -2.39. The molecule has 0 aliphatic carbocycles. The summed E-state index contributed by atoms with van der Waals surface area (Å²) in [6.07, 6.45) is 2.75. The number of hydrogen-bond donors (Lipinski definition) is 1. The Bertz CT molecular complexity index is 138. The molecule has 1 fully saturated rings. The molecule has 0 radical (unpaired) electrons. The zero-order valence-electron chi connectivity index (χ0n) is 9.00. The van der Waals surface area contributed by atoms with Crippen molar-refractivity contribution in [2.75, 3.05) is 46.8 Å². The van der Waals surface area contributed by atoms with Crippen LogP contribution in [0.15, 0.2) is 0 Å². The second kappa shape index (κ2) is 5.58. The van der Waals surface area contributed by atoms with Crippen LogP contribution in [0.3, 0.4) is 0 Å². The molecule has 1 aliphatic rings. The van der Waals surface area contributed by atoms with Crippen molar-refractivity contribution in [3.05, 3.63) is 0 Å². The second-order valence-corrected chi connectivity index (χ2v) is 4.32. The molecule has 0 aromatic rings. The van der Waals surface area contributed by atoms with Gasteiger partial charge < -0.3 is 15.5 Å². The standard InChI is InChI=1S/C10H23N3/c1-12-6-3-4-10(8-12)9-13(2)7-5-11/h10H,3-9,11H2,1-2H3. The molecule has 78 valence electrons. The molecule has 0 bridgehead atoms. The molecule has 0 aromatic carbocycles. The van der Waals surface area contributed by atoms with Crippen molar-refractivity contribution >= 4 is 0 Å². The van der Waals surface area contributed by atoms with E-state index in [0.29, 0.717) is 0 Å². The molecule has 3 heteroatoms. The lowest BCUT2D eigenvalue weighted by atomic mass is 9.98. The van der Waals surface area contributed by atoms with Crippen molar-refractivity contribution in [1.29, 1.82) is 0 Å². The summed E-state index contributed by atoms with van der Waals surface area (Å²) in [4.78, 5) is 4.79. The Hall–Kier alpha value is -0.120. The highest BCUT2D eigenvalue weighted by Gasteiger charge is 2.17. The molecule has 0 saturated carbocycles. The van der Waals surface area contributed by atoms with Crippen LogP contribution in [0.25, 0.3) is 0 Å². The van der Waals surface area contributed by atoms with Gasteiger partial charge in [-0.25, -0.2) is 0 Å². The molecule has 3 nitrogen and oxygen atoms in total. The Kier molecular flexibility index (Phi) is 4.70. The normalized spacial score (nSPS) is 25.4. The van der Waals surface area contributed by atoms with Crippen molar-refractivity contribution in [2.24, 2.45) is 11.7 Å². The fraction of sp³-hybridized carbons (Fsp3) is 1.00. The topological polar surface area (TPSA) is 32.5 Å². The second-order valence-electron chi connectivity index (χ2n) is 4.32. The van der Waals surface area contributed by atoms with Crippen molar-refractivity contribution in [1.82, 2.24) is 9.80 Å². The van der Waals surface area contributed by atoms with Crippen LogP contribution >= 0.6 is 0 Å². The molecule has 0 spiro atoms. The van der Waals surface area contributed by atoms with Gasteiger partial charge in [0.1, 0.15) is 0 Å². The van der Waals surface area contributed by atoms with Crippen molar-refractivity contribution in [2.45, 2.75) is 12.8 Å².